The Morgan fingerprint density at radius 3 is 2.67 bits per heavy atom. The van der Waals surface area contributed by atoms with Gasteiger partial charge < -0.3 is 15.3 Å². The average molecular weight is 252 g/mol. The van der Waals surface area contributed by atoms with Crippen molar-refractivity contribution in [2.75, 3.05) is 19.6 Å². The molecular weight excluding hydrogens is 228 g/mol. The number of rotatable bonds is 1. The molecule has 4 heteroatoms. The van der Waals surface area contributed by atoms with E-state index in [1.54, 1.807) is 0 Å². The Morgan fingerprint density at radius 1 is 1.22 bits per heavy atom. The van der Waals surface area contributed by atoms with Crippen molar-refractivity contribution in [2.24, 2.45) is 5.41 Å². The number of hydrogen-bond donors (Lipinski definition) is 2. The monoisotopic (exact) mass is 252 g/mol. The molecule has 2 saturated heterocycles. The van der Waals surface area contributed by atoms with E-state index in [4.69, 9.17) is 0 Å². The lowest BCUT2D eigenvalue weighted by atomic mass is 9.79. The maximum Gasteiger partial charge on any atom is 0.230 e. The first-order valence-electron chi connectivity index (χ1n) is 7.41. The Hall–Kier alpha value is -0.610. The van der Waals surface area contributed by atoms with Crippen LogP contribution in [0.2, 0.25) is 0 Å². The smallest absolute Gasteiger partial charge is 0.230 e. The zero-order valence-corrected chi connectivity index (χ0v) is 11.0. The second kappa shape index (κ2) is 4.82. The quantitative estimate of drug-likeness (QED) is 0.729. The molecule has 0 aromatic carbocycles. The molecule has 18 heavy (non-hydrogen) atoms. The second-order valence-electron chi connectivity index (χ2n) is 6.27. The van der Waals surface area contributed by atoms with Gasteiger partial charge in [-0.15, -0.1) is 0 Å². The summed E-state index contributed by atoms with van der Waals surface area (Å²) in [5.74, 6) is 0.385. The highest BCUT2D eigenvalue weighted by atomic mass is 16.3. The fourth-order valence-electron chi connectivity index (χ4n) is 3.93. The summed E-state index contributed by atoms with van der Waals surface area (Å²) in [6, 6.07) is 0.391. The summed E-state index contributed by atoms with van der Waals surface area (Å²) in [6.07, 6.45) is 6.77. The standard InChI is InChI=1S/C14H24N2O2/c17-12-4-2-11(3-5-12)16-9-7-14(13(16)18)6-1-8-15-10-14/h11-12,15,17H,1-10H2/t11-,12+,14?. The number of hydrogen-bond acceptors (Lipinski definition) is 3. The molecule has 3 rings (SSSR count). The van der Waals surface area contributed by atoms with Crippen molar-refractivity contribution in [3.63, 3.8) is 0 Å². The zero-order valence-electron chi connectivity index (χ0n) is 11.0. The zero-order chi connectivity index (χ0) is 12.6. The van der Waals surface area contributed by atoms with Crippen LogP contribution in [0.5, 0.6) is 0 Å². The SMILES string of the molecule is O=C1N([C@H]2CC[C@@H](O)CC2)CCC12CCCNC2. The third-order valence-corrected chi connectivity index (χ3v) is 5.13. The van der Waals surface area contributed by atoms with Gasteiger partial charge in [0.05, 0.1) is 11.5 Å². The molecule has 1 atom stereocenters. The van der Waals surface area contributed by atoms with E-state index >= 15 is 0 Å². The third-order valence-electron chi connectivity index (χ3n) is 5.13. The van der Waals surface area contributed by atoms with E-state index in [1.165, 1.54) is 0 Å². The van der Waals surface area contributed by atoms with E-state index in [9.17, 15) is 9.90 Å². The molecule has 3 aliphatic rings. The Labute approximate surface area is 109 Å². The van der Waals surface area contributed by atoms with Gasteiger partial charge in [0.1, 0.15) is 0 Å². The van der Waals surface area contributed by atoms with Crippen molar-refractivity contribution in [1.82, 2.24) is 10.2 Å². The fourth-order valence-corrected chi connectivity index (χ4v) is 3.93. The van der Waals surface area contributed by atoms with Crippen molar-refractivity contribution in [3.05, 3.63) is 0 Å². The first-order valence-corrected chi connectivity index (χ1v) is 7.41. The van der Waals surface area contributed by atoms with Crippen molar-refractivity contribution in [3.8, 4) is 0 Å². The highest BCUT2D eigenvalue weighted by Gasteiger charge is 2.48. The van der Waals surface area contributed by atoms with Gasteiger partial charge in [0, 0.05) is 19.1 Å². The topological polar surface area (TPSA) is 52.6 Å². The van der Waals surface area contributed by atoms with Gasteiger partial charge in [-0.3, -0.25) is 4.79 Å². The van der Waals surface area contributed by atoms with Crippen molar-refractivity contribution < 1.29 is 9.90 Å². The number of carbonyl (C=O) groups excluding carboxylic acids is 1. The molecule has 2 aliphatic heterocycles. The molecule has 0 aromatic heterocycles. The number of amides is 1. The minimum Gasteiger partial charge on any atom is -0.393 e. The van der Waals surface area contributed by atoms with Crippen molar-refractivity contribution in [2.45, 2.75) is 57.1 Å². The van der Waals surface area contributed by atoms with E-state index in [-0.39, 0.29) is 11.5 Å². The number of likely N-dealkylation sites (tertiary alicyclic amines) is 1. The Kier molecular flexibility index (Phi) is 3.32. The van der Waals surface area contributed by atoms with Gasteiger partial charge in [-0.1, -0.05) is 0 Å². The van der Waals surface area contributed by atoms with Crippen LogP contribution < -0.4 is 5.32 Å². The Bertz CT molecular complexity index is 318. The first kappa shape index (κ1) is 12.4. The van der Waals surface area contributed by atoms with Gasteiger partial charge in [-0.05, 0) is 51.5 Å². The van der Waals surface area contributed by atoms with Crippen LogP contribution >= 0.6 is 0 Å². The van der Waals surface area contributed by atoms with Gasteiger partial charge in [-0.2, -0.15) is 0 Å². The molecule has 2 N–H and O–H groups in total. The highest BCUT2D eigenvalue weighted by molar-refractivity contribution is 5.85. The highest BCUT2D eigenvalue weighted by Crippen LogP contribution is 2.40. The largest absolute Gasteiger partial charge is 0.393 e. The van der Waals surface area contributed by atoms with Crippen LogP contribution in [0.15, 0.2) is 0 Å². The molecular formula is C14H24N2O2. The van der Waals surface area contributed by atoms with Gasteiger partial charge in [-0.25, -0.2) is 0 Å². The van der Waals surface area contributed by atoms with Crippen LogP contribution in [0.25, 0.3) is 0 Å². The Balaban J connectivity index is 1.66. The number of carbonyl (C=O) groups is 1. The molecule has 0 aromatic rings. The van der Waals surface area contributed by atoms with E-state index in [2.05, 4.69) is 10.2 Å². The summed E-state index contributed by atoms with van der Waals surface area (Å²) in [5, 5.41) is 13.0. The first-order chi connectivity index (χ1) is 8.71. The molecule has 102 valence electrons. The summed E-state index contributed by atoms with van der Waals surface area (Å²) in [7, 11) is 0. The maximum absolute atomic E-state index is 12.7. The van der Waals surface area contributed by atoms with E-state index < -0.39 is 0 Å². The summed E-state index contributed by atoms with van der Waals surface area (Å²) in [5.41, 5.74) is -0.0890. The van der Waals surface area contributed by atoms with Crippen LogP contribution in [0, 0.1) is 5.41 Å². The number of piperidine rings is 1. The lowest BCUT2D eigenvalue weighted by Crippen LogP contribution is -2.48. The predicted molar refractivity (Wildman–Crippen MR) is 69.1 cm³/mol. The molecule has 1 aliphatic carbocycles. The molecule has 0 radical (unpaired) electrons. The third kappa shape index (κ3) is 2.05. The summed E-state index contributed by atoms with van der Waals surface area (Å²) in [4.78, 5) is 14.8. The maximum atomic E-state index is 12.7. The fraction of sp³-hybridized carbons (Fsp3) is 0.929. The molecule has 1 unspecified atom stereocenters. The molecule has 3 fully saturated rings. The van der Waals surface area contributed by atoms with E-state index in [0.717, 1.165) is 64.6 Å². The molecule has 1 amide bonds. The lowest BCUT2D eigenvalue weighted by molar-refractivity contribution is -0.139. The number of aliphatic hydroxyl groups is 1. The van der Waals surface area contributed by atoms with Crippen LogP contribution in [-0.2, 0) is 4.79 Å². The molecule has 1 spiro atoms. The van der Waals surface area contributed by atoms with E-state index in [1.807, 2.05) is 0 Å². The molecule has 4 nitrogen and oxygen atoms in total. The van der Waals surface area contributed by atoms with Crippen molar-refractivity contribution in [1.29, 1.82) is 0 Å². The minimum atomic E-state index is -0.135. The molecule has 2 heterocycles. The number of nitrogens with one attached hydrogen (secondary N) is 1. The lowest BCUT2D eigenvalue weighted by Gasteiger charge is -2.36. The van der Waals surface area contributed by atoms with Gasteiger partial charge in [0.15, 0.2) is 0 Å². The van der Waals surface area contributed by atoms with Crippen molar-refractivity contribution >= 4 is 5.91 Å². The number of nitrogens with zero attached hydrogens (tertiary/aromatic N) is 1. The molecule has 1 saturated carbocycles. The van der Waals surface area contributed by atoms with Crippen LogP contribution in [-0.4, -0.2) is 47.7 Å². The average Bonchev–Trinajstić information content (AvgIpc) is 2.70. The van der Waals surface area contributed by atoms with Crippen LogP contribution in [0.4, 0.5) is 0 Å². The van der Waals surface area contributed by atoms with Gasteiger partial charge >= 0.3 is 0 Å². The van der Waals surface area contributed by atoms with Gasteiger partial charge in [0.25, 0.3) is 0 Å². The number of aliphatic hydroxyl groups excluding tert-OH is 1. The Morgan fingerprint density at radius 2 is 2.00 bits per heavy atom. The summed E-state index contributed by atoms with van der Waals surface area (Å²) >= 11 is 0. The molecule has 0 bridgehead atoms. The van der Waals surface area contributed by atoms with Crippen LogP contribution in [0.3, 0.4) is 0 Å². The second-order valence-corrected chi connectivity index (χ2v) is 6.27. The van der Waals surface area contributed by atoms with Gasteiger partial charge in [0.2, 0.25) is 5.91 Å². The minimum absolute atomic E-state index is 0.0890. The summed E-state index contributed by atoms with van der Waals surface area (Å²) < 4.78 is 0. The normalized spacial score (nSPS) is 41.6. The van der Waals surface area contributed by atoms with Crippen LogP contribution in [0.1, 0.15) is 44.9 Å². The predicted octanol–water partition coefficient (Wildman–Crippen LogP) is 0.892. The summed E-state index contributed by atoms with van der Waals surface area (Å²) in [6.45, 7) is 2.86. The van der Waals surface area contributed by atoms with E-state index in [0.29, 0.717) is 11.9 Å².